The molecule has 1 aromatic carbocycles. The third kappa shape index (κ3) is 7.19. The van der Waals surface area contributed by atoms with Gasteiger partial charge < -0.3 is 14.8 Å². The van der Waals surface area contributed by atoms with Gasteiger partial charge in [-0.15, -0.1) is 20.4 Å². The van der Waals surface area contributed by atoms with Crippen molar-refractivity contribution >= 4 is 0 Å². The summed E-state index contributed by atoms with van der Waals surface area (Å²) in [6.07, 6.45) is 1.77. The van der Waals surface area contributed by atoms with Gasteiger partial charge in [-0.05, 0) is 78.9 Å². The maximum absolute atomic E-state index is 6.14. The SMILES string of the molecule is CNCCC(C)(C)OCCC(C)(C)Oc1ccc(-c2nnc(C)nn2)cc1. The average molecular weight is 374 g/mol. The minimum Gasteiger partial charge on any atom is -0.488 e. The van der Waals surface area contributed by atoms with Crippen molar-refractivity contribution in [2.75, 3.05) is 20.2 Å². The van der Waals surface area contributed by atoms with Crippen LogP contribution in [0, 0.1) is 6.92 Å². The summed E-state index contributed by atoms with van der Waals surface area (Å²) in [6, 6.07) is 7.66. The van der Waals surface area contributed by atoms with Gasteiger partial charge in [-0.3, -0.25) is 0 Å². The van der Waals surface area contributed by atoms with Crippen LogP contribution < -0.4 is 10.1 Å². The summed E-state index contributed by atoms with van der Waals surface area (Å²) in [5, 5.41) is 19.1. The molecular formula is C20H31N5O2. The summed E-state index contributed by atoms with van der Waals surface area (Å²) < 4.78 is 12.2. The normalized spacial score (nSPS) is 12.2. The molecule has 0 aliphatic heterocycles. The summed E-state index contributed by atoms with van der Waals surface area (Å²) in [7, 11) is 1.95. The second-order valence-electron chi connectivity index (χ2n) is 7.87. The van der Waals surface area contributed by atoms with Crippen LogP contribution in [-0.4, -0.2) is 51.8 Å². The van der Waals surface area contributed by atoms with Crippen LogP contribution in [-0.2, 0) is 4.74 Å². The van der Waals surface area contributed by atoms with Crippen LogP contribution in [0.3, 0.4) is 0 Å². The Morgan fingerprint density at radius 1 is 0.889 bits per heavy atom. The molecule has 7 nitrogen and oxygen atoms in total. The van der Waals surface area contributed by atoms with E-state index in [1.54, 1.807) is 6.92 Å². The molecule has 0 spiro atoms. The highest BCUT2D eigenvalue weighted by Crippen LogP contribution is 2.25. The Labute approximate surface area is 161 Å². The third-order valence-electron chi connectivity index (χ3n) is 4.26. The van der Waals surface area contributed by atoms with Gasteiger partial charge in [0.1, 0.15) is 11.4 Å². The van der Waals surface area contributed by atoms with E-state index in [0.29, 0.717) is 18.3 Å². The van der Waals surface area contributed by atoms with Gasteiger partial charge in [0, 0.05) is 12.0 Å². The summed E-state index contributed by atoms with van der Waals surface area (Å²) in [4.78, 5) is 0. The quantitative estimate of drug-likeness (QED) is 0.685. The van der Waals surface area contributed by atoms with Gasteiger partial charge in [-0.25, -0.2) is 0 Å². The number of aryl methyl sites for hydroxylation is 1. The maximum atomic E-state index is 6.14. The second kappa shape index (κ2) is 9.19. The first-order valence-corrected chi connectivity index (χ1v) is 9.33. The van der Waals surface area contributed by atoms with Crippen molar-refractivity contribution in [1.82, 2.24) is 25.7 Å². The molecule has 0 amide bonds. The highest BCUT2D eigenvalue weighted by molar-refractivity contribution is 5.55. The van der Waals surface area contributed by atoms with Crippen LogP contribution in [0.25, 0.3) is 11.4 Å². The van der Waals surface area contributed by atoms with E-state index in [0.717, 1.165) is 30.7 Å². The Balaban J connectivity index is 1.88. The topological polar surface area (TPSA) is 82.0 Å². The van der Waals surface area contributed by atoms with E-state index in [2.05, 4.69) is 53.4 Å². The molecule has 1 N–H and O–H groups in total. The summed E-state index contributed by atoms with van der Waals surface area (Å²) in [5.74, 6) is 1.85. The molecule has 0 atom stereocenters. The molecule has 0 aliphatic rings. The highest BCUT2D eigenvalue weighted by atomic mass is 16.5. The molecule has 0 saturated carbocycles. The predicted octanol–water partition coefficient (Wildman–Crippen LogP) is 3.19. The molecule has 2 rings (SSSR count). The van der Waals surface area contributed by atoms with Crippen molar-refractivity contribution in [3.8, 4) is 17.1 Å². The van der Waals surface area contributed by atoms with Crippen LogP contribution in [0.2, 0.25) is 0 Å². The van der Waals surface area contributed by atoms with Crippen molar-refractivity contribution < 1.29 is 9.47 Å². The van der Waals surface area contributed by atoms with E-state index >= 15 is 0 Å². The van der Waals surface area contributed by atoms with Crippen LogP contribution in [0.15, 0.2) is 24.3 Å². The number of nitrogens with zero attached hydrogens (tertiary/aromatic N) is 4. The monoisotopic (exact) mass is 373 g/mol. The lowest BCUT2D eigenvalue weighted by molar-refractivity contribution is -0.0443. The van der Waals surface area contributed by atoms with Crippen molar-refractivity contribution in [3.63, 3.8) is 0 Å². The fraction of sp³-hybridized carbons (Fsp3) is 0.600. The van der Waals surface area contributed by atoms with Gasteiger partial charge >= 0.3 is 0 Å². The Morgan fingerprint density at radius 2 is 1.52 bits per heavy atom. The molecule has 148 valence electrons. The Kier molecular flexibility index (Phi) is 7.21. The highest BCUT2D eigenvalue weighted by Gasteiger charge is 2.23. The molecule has 0 radical (unpaired) electrons. The molecule has 1 heterocycles. The van der Waals surface area contributed by atoms with Gasteiger partial charge in [0.05, 0.1) is 12.2 Å². The zero-order valence-corrected chi connectivity index (χ0v) is 17.2. The van der Waals surface area contributed by atoms with Gasteiger partial charge in [0.15, 0.2) is 5.82 Å². The lowest BCUT2D eigenvalue weighted by atomic mass is 10.0. The van der Waals surface area contributed by atoms with Gasteiger partial charge in [0.2, 0.25) is 5.82 Å². The Hall–Kier alpha value is -2.12. The molecule has 7 heteroatoms. The van der Waals surface area contributed by atoms with Gasteiger partial charge in [0.25, 0.3) is 0 Å². The largest absolute Gasteiger partial charge is 0.488 e. The molecule has 0 aliphatic carbocycles. The third-order valence-corrected chi connectivity index (χ3v) is 4.26. The zero-order chi connectivity index (χ0) is 19.9. The second-order valence-corrected chi connectivity index (χ2v) is 7.87. The summed E-state index contributed by atoms with van der Waals surface area (Å²) >= 11 is 0. The van der Waals surface area contributed by atoms with Crippen LogP contribution in [0.5, 0.6) is 5.75 Å². The minimum atomic E-state index is -0.329. The molecule has 0 bridgehead atoms. The van der Waals surface area contributed by atoms with Crippen LogP contribution in [0.4, 0.5) is 0 Å². The van der Waals surface area contributed by atoms with Crippen molar-refractivity contribution in [1.29, 1.82) is 0 Å². The number of nitrogens with one attached hydrogen (secondary N) is 1. The molecule has 2 aromatic rings. The van der Waals surface area contributed by atoms with Crippen molar-refractivity contribution in [2.45, 2.75) is 58.7 Å². The predicted molar refractivity (Wildman–Crippen MR) is 106 cm³/mol. The van der Waals surface area contributed by atoms with E-state index in [9.17, 15) is 0 Å². The standard InChI is InChI=1S/C20H31N5O2/c1-15-22-24-18(25-23-15)16-7-9-17(10-8-16)27-20(4,5)12-14-26-19(2,3)11-13-21-6/h7-10,21H,11-14H2,1-6H3. The average Bonchev–Trinajstić information content (AvgIpc) is 2.61. The fourth-order valence-electron chi connectivity index (χ4n) is 2.51. The zero-order valence-electron chi connectivity index (χ0n) is 17.2. The number of rotatable bonds is 10. The van der Waals surface area contributed by atoms with Gasteiger partial charge in [-0.1, -0.05) is 0 Å². The van der Waals surface area contributed by atoms with E-state index in [4.69, 9.17) is 9.47 Å². The minimum absolute atomic E-state index is 0.142. The Bertz CT molecular complexity index is 699. The van der Waals surface area contributed by atoms with E-state index in [1.807, 2.05) is 31.3 Å². The lowest BCUT2D eigenvalue weighted by Gasteiger charge is -2.30. The number of hydrogen-bond donors (Lipinski definition) is 1. The molecule has 1 aromatic heterocycles. The summed E-state index contributed by atoms with van der Waals surface area (Å²) in [6.45, 7) is 11.7. The fourth-order valence-corrected chi connectivity index (χ4v) is 2.51. The number of benzene rings is 1. The van der Waals surface area contributed by atoms with E-state index in [1.165, 1.54) is 0 Å². The molecule has 0 unspecified atom stereocenters. The molecular weight excluding hydrogens is 342 g/mol. The van der Waals surface area contributed by atoms with Crippen LogP contribution >= 0.6 is 0 Å². The first-order valence-electron chi connectivity index (χ1n) is 9.33. The van der Waals surface area contributed by atoms with Gasteiger partial charge in [-0.2, -0.15) is 0 Å². The number of hydrogen-bond acceptors (Lipinski definition) is 7. The molecule has 0 saturated heterocycles. The summed E-state index contributed by atoms with van der Waals surface area (Å²) in [5.41, 5.74) is 0.385. The smallest absolute Gasteiger partial charge is 0.203 e. The first kappa shape index (κ1) is 21.2. The van der Waals surface area contributed by atoms with Crippen molar-refractivity contribution in [2.24, 2.45) is 0 Å². The van der Waals surface area contributed by atoms with E-state index in [-0.39, 0.29) is 11.2 Å². The van der Waals surface area contributed by atoms with Crippen molar-refractivity contribution in [3.05, 3.63) is 30.1 Å². The van der Waals surface area contributed by atoms with Crippen LogP contribution in [0.1, 0.15) is 46.4 Å². The number of ether oxygens (including phenoxy) is 2. The maximum Gasteiger partial charge on any atom is 0.203 e. The molecule has 0 fully saturated rings. The van der Waals surface area contributed by atoms with E-state index < -0.39 is 0 Å². The Morgan fingerprint density at radius 3 is 2.11 bits per heavy atom. The first-order chi connectivity index (χ1) is 12.7. The lowest BCUT2D eigenvalue weighted by Crippen LogP contribution is -2.34. The number of aromatic nitrogens is 4. The molecule has 27 heavy (non-hydrogen) atoms.